The average molecular weight is 374 g/mol. The molecule has 0 aliphatic carbocycles. The lowest BCUT2D eigenvalue weighted by atomic mass is 10.3. The number of nitrogens with zero attached hydrogens (tertiary/aromatic N) is 2. The molecule has 0 bridgehead atoms. The van der Waals surface area contributed by atoms with Gasteiger partial charge in [0.25, 0.3) is 0 Å². The Balaban J connectivity index is 1.51. The molecule has 1 fully saturated rings. The van der Waals surface area contributed by atoms with Crippen molar-refractivity contribution < 1.29 is 17.9 Å². The molecule has 0 saturated carbocycles. The van der Waals surface area contributed by atoms with Crippen LogP contribution in [0.3, 0.4) is 0 Å². The second kappa shape index (κ2) is 7.86. The molecule has 1 unspecified atom stereocenters. The van der Waals surface area contributed by atoms with Gasteiger partial charge >= 0.3 is 0 Å². The molecule has 1 atom stereocenters. The molecule has 2 heterocycles. The molecule has 0 N–H and O–H groups in total. The van der Waals surface area contributed by atoms with Gasteiger partial charge in [-0.05, 0) is 24.6 Å². The fraction of sp³-hybridized carbons (Fsp3) is 0.368. The third-order valence-electron chi connectivity index (χ3n) is 4.36. The summed E-state index contributed by atoms with van der Waals surface area (Å²) in [5.41, 5.74) is 1.06. The van der Waals surface area contributed by atoms with Crippen molar-refractivity contribution in [3.63, 3.8) is 0 Å². The van der Waals surface area contributed by atoms with Crippen LogP contribution in [0.2, 0.25) is 0 Å². The highest BCUT2D eigenvalue weighted by atomic mass is 32.2. The normalized spacial score (nSPS) is 17.3. The monoisotopic (exact) mass is 374 g/mol. The molecule has 1 aromatic heterocycles. The Kier molecular flexibility index (Phi) is 5.56. The number of sulfone groups is 1. The molecule has 7 heteroatoms. The Morgan fingerprint density at radius 3 is 2.69 bits per heavy atom. The summed E-state index contributed by atoms with van der Waals surface area (Å²) in [6.07, 6.45) is 2.32. The number of ether oxygens (including phenoxy) is 1. The minimum Gasteiger partial charge on any atom is -0.472 e. The van der Waals surface area contributed by atoms with E-state index in [1.807, 2.05) is 19.1 Å². The van der Waals surface area contributed by atoms with Gasteiger partial charge < -0.3 is 9.64 Å². The number of benzene rings is 1. The van der Waals surface area contributed by atoms with Crippen LogP contribution in [0.4, 0.5) is 0 Å². The molecule has 3 rings (SSSR count). The second-order valence-electron chi connectivity index (χ2n) is 6.42. The summed E-state index contributed by atoms with van der Waals surface area (Å²) >= 11 is 0. The van der Waals surface area contributed by atoms with E-state index in [9.17, 15) is 13.2 Å². The van der Waals surface area contributed by atoms with E-state index in [0.29, 0.717) is 25.4 Å². The Hall–Kier alpha value is -2.41. The molecule has 0 radical (unpaired) electrons. The number of carbonyl (C=O) groups excluding carboxylic acids is 1. The van der Waals surface area contributed by atoms with Gasteiger partial charge in [0, 0.05) is 31.6 Å². The highest BCUT2D eigenvalue weighted by Crippen LogP contribution is 2.18. The van der Waals surface area contributed by atoms with Crippen LogP contribution in [0.1, 0.15) is 18.4 Å². The van der Waals surface area contributed by atoms with Crippen molar-refractivity contribution in [1.82, 2.24) is 9.88 Å². The average Bonchev–Trinajstić information content (AvgIpc) is 3.11. The van der Waals surface area contributed by atoms with Gasteiger partial charge in [-0.3, -0.25) is 4.79 Å². The molecule has 138 valence electrons. The number of aromatic nitrogens is 1. The van der Waals surface area contributed by atoms with Crippen molar-refractivity contribution in [1.29, 1.82) is 0 Å². The van der Waals surface area contributed by atoms with E-state index in [2.05, 4.69) is 4.98 Å². The largest absolute Gasteiger partial charge is 0.472 e. The Morgan fingerprint density at radius 1 is 1.23 bits per heavy atom. The van der Waals surface area contributed by atoms with Gasteiger partial charge in [0.1, 0.15) is 6.10 Å². The van der Waals surface area contributed by atoms with Gasteiger partial charge in [0.15, 0.2) is 9.84 Å². The molecule has 6 nitrogen and oxygen atoms in total. The van der Waals surface area contributed by atoms with Crippen molar-refractivity contribution in [3.8, 4) is 5.88 Å². The fourth-order valence-corrected chi connectivity index (χ4v) is 4.12. The first kappa shape index (κ1) is 18.4. The number of likely N-dealkylation sites (tertiary alicyclic amines) is 1. The predicted molar refractivity (Wildman–Crippen MR) is 97.7 cm³/mol. The first-order chi connectivity index (χ1) is 12.4. The smallest absolute Gasteiger partial charge is 0.223 e. The fourth-order valence-electron chi connectivity index (χ4n) is 2.87. The molecule has 1 saturated heterocycles. The lowest BCUT2D eigenvalue weighted by molar-refractivity contribution is -0.130. The van der Waals surface area contributed by atoms with Gasteiger partial charge in [-0.25, -0.2) is 13.4 Å². The number of hydrogen-bond donors (Lipinski definition) is 0. The van der Waals surface area contributed by atoms with Gasteiger partial charge in [0.2, 0.25) is 11.8 Å². The summed E-state index contributed by atoms with van der Waals surface area (Å²) in [5.74, 6) is 0.200. The SMILES string of the molecule is Cc1ccc(OC2CCN(C(=O)CCS(=O)(=O)c3ccccc3)C2)nc1. The lowest BCUT2D eigenvalue weighted by Gasteiger charge is -2.17. The standard InChI is InChI=1S/C19H22N2O4S/c1-15-7-8-18(20-13-15)25-16-9-11-21(14-16)19(22)10-12-26(23,24)17-5-3-2-4-6-17/h2-8,13,16H,9-12,14H2,1H3. The predicted octanol–water partition coefficient (Wildman–Crippen LogP) is 2.23. The zero-order valence-electron chi connectivity index (χ0n) is 14.7. The quantitative estimate of drug-likeness (QED) is 0.775. The zero-order valence-corrected chi connectivity index (χ0v) is 15.5. The van der Waals surface area contributed by atoms with Gasteiger partial charge in [-0.2, -0.15) is 0 Å². The molecule has 0 spiro atoms. The first-order valence-corrected chi connectivity index (χ1v) is 10.2. The van der Waals surface area contributed by atoms with E-state index in [1.54, 1.807) is 41.4 Å². The molecule has 2 aromatic rings. The molecule has 1 aliphatic rings. The van der Waals surface area contributed by atoms with Crippen molar-refractivity contribution in [3.05, 3.63) is 54.2 Å². The van der Waals surface area contributed by atoms with Crippen LogP contribution < -0.4 is 4.74 Å². The van der Waals surface area contributed by atoms with Crippen molar-refractivity contribution in [2.45, 2.75) is 30.8 Å². The maximum atomic E-state index is 12.4. The second-order valence-corrected chi connectivity index (χ2v) is 8.53. The first-order valence-electron chi connectivity index (χ1n) is 8.59. The number of carbonyl (C=O) groups is 1. The molecular formula is C19H22N2O4S. The summed E-state index contributed by atoms with van der Waals surface area (Å²) in [6.45, 7) is 2.98. The maximum Gasteiger partial charge on any atom is 0.223 e. The third kappa shape index (κ3) is 4.60. The number of amides is 1. The van der Waals surface area contributed by atoms with Crippen LogP contribution in [-0.4, -0.2) is 49.2 Å². The summed E-state index contributed by atoms with van der Waals surface area (Å²) in [7, 11) is -3.44. The molecule has 1 amide bonds. The van der Waals surface area contributed by atoms with Crippen molar-refractivity contribution >= 4 is 15.7 Å². The van der Waals surface area contributed by atoms with Crippen LogP contribution in [0, 0.1) is 6.92 Å². The van der Waals surface area contributed by atoms with Gasteiger partial charge in [0.05, 0.1) is 17.2 Å². The van der Waals surface area contributed by atoms with Gasteiger partial charge in [-0.15, -0.1) is 0 Å². The zero-order chi connectivity index (χ0) is 18.6. The number of rotatable bonds is 6. The van der Waals surface area contributed by atoms with Crippen molar-refractivity contribution in [2.24, 2.45) is 0 Å². The Morgan fingerprint density at radius 2 is 2.00 bits per heavy atom. The highest BCUT2D eigenvalue weighted by molar-refractivity contribution is 7.91. The third-order valence-corrected chi connectivity index (χ3v) is 6.09. The molecule has 1 aliphatic heterocycles. The van der Waals surface area contributed by atoms with E-state index in [0.717, 1.165) is 5.56 Å². The van der Waals surface area contributed by atoms with Crippen LogP contribution >= 0.6 is 0 Å². The molecular weight excluding hydrogens is 352 g/mol. The van der Waals surface area contributed by atoms with E-state index in [1.165, 1.54) is 0 Å². The summed E-state index contributed by atoms with van der Waals surface area (Å²) in [6, 6.07) is 12.0. The number of pyridine rings is 1. The molecule has 26 heavy (non-hydrogen) atoms. The Bertz CT molecular complexity index is 851. The van der Waals surface area contributed by atoms with E-state index >= 15 is 0 Å². The minimum atomic E-state index is -3.44. The summed E-state index contributed by atoms with van der Waals surface area (Å²) in [4.78, 5) is 18.5. The van der Waals surface area contributed by atoms with Crippen LogP contribution in [-0.2, 0) is 14.6 Å². The summed E-state index contributed by atoms with van der Waals surface area (Å²) < 4.78 is 30.4. The lowest BCUT2D eigenvalue weighted by Crippen LogP contribution is -2.32. The molecule has 1 aromatic carbocycles. The number of hydrogen-bond acceptors (Lipinski definition) is 5. The van der Waals surface area contributed by atoms with E-state index in [-0.39, 0.29) is 29.1 Å². The summed E-state index contributed by atoms with van der Waals surface area (Å²) in [5, 5.41) is 0. The van der Waals surface area contributed by atoms with Crippen LogP contribution in [0.15, 0.2) is 53.6 Å². The van der Waals surface area contributed by atoms with E-state index in [4.69, 9.17) is 4.74 Å². The Labute approximate surface area is 153 Å². The van der Waals surface area contributed by atoms with Crippen LogP contribution in [0.25, 0.3) is 0 Å². The van der Waals surface area contributed by atoms with Crippen LogP contribution in [0.5, 0.6) is 5.88 Å². The van der Waals surface area contributed by atoms with Gasteiger partial charge in [-0.1, -0.05) is 24.3 Å². The minimum absolute atomic E-state index is 0.0211. The van der Waals surface area contributed by atoms with Crippen molar-refractivity contribution in [2.75, 3.05) is 18.8 Å². The topological polar surface area (TPSA) is 76.6 Å². The maximum absolute atomic E-state index is 12.4. The highest BCUT2D eigenvalue weighted by Gasteiger charge is 2.28. The number of aryl methyl sites for hydroxylation is 1. The van der Waals surface area contributed by atoms with E-state index < -0.39 is 9.84 Å².